The van der Waals surface area contributed by atoms with Crippen molar-refractivity contribution in [1.82, 2.24) is 4.72 Å². The Morgan fingerprint density at radius 1 is 0.962 bits per heavy atom. The van der Waals surface area contributed by atoms with Crippen LogP contribution < -0.4 is 14.2 Å². The van der Waals surface area contributed by atoms with Crippen LogP contribution in [0.1, 0.15) is 42.5 Å². The highest BCUT2D eigenvalue weighted by atomic mass is 32.2. The molecule has 1 atom stereocenters. The van der Waals surface area contributed by atoms with Gasteiger partial charge < -0.3 is 9.47 Å². The van der Waals surface area contributed by atoms with E-state index in [9.17, 15) is 8.42 Å². The first-order valence-corrected chi connectivity index (χ1v) is 10.3. The molecule has 0 spiro atoms. The van der Waals surface area contributed by atoms with Gasteiger partial charge in [-0.15, -0.1) is 0 Å². The Hall–Kier alpha value is -2.05. The molecule has 6 heteroatoms. The number of methoxy groups -OCH3 is 2. The Bertz CT molecular complexity index is 875. The van der Waals surface area contributed by atoms with E-state index in [-0.39, 0.29) is 10.9 Å². The standard InChI is InChI=1S/C20H25NO4S/c1-14(15-8-10-18(24-2)11-9-15)21-26(22,23)20-13-17-7-5-4-6-16(17)12-19(20)25-3/h8-14,21H,4-7H2,1-3H3/t14-/m0/s1. The molecule has 0 saturated heterocycles. The fraction of sp³-hybridized carbons (Fsp3) is 0.400. The highest BCUT2D eigenvalue weighted by molar-refractivity contribution is 7.89. The van der Waals surface area contributed by atoms with Crippen molar-refractivity contribution in [3.8, 4) is 11.5 Å². The van der Waals surface area contributed by atoms with Crippen LogP contribution in [0.15, 0.2) is 41.3 Å². The van der Waals surface area contributed by atoms with Crippen LogP contribution in [-0.4, -0.2) is 22.6 Å². The summed E-state index contributed by atoms with van der Waals surface area (Å²) in [6, 6.07) is 10.6. The van der Waals surface area contributed by atoms with Crippen LogP contribution in [0.4, 0.5) is 0 Å². The van der Waals surface area contributed by atoms with Gasteiger partial charge in [0.2, 0.25) is 10.0 Å². The molecule has 5 nitrogen and oxygen atoms in total. The summed E-state index contributed by atoms with van der Waals surface area (Å²) in [4.78, 5) is 0.209. The van der Waals surface area contributed by atoms with Crippen LogP contribution in [0.2, 0.25) is 0 Å². The molecule has 0 heterocycles. The van der Waals surface area contributed by atoms with Crippen LogP contribution in [0.5, 0.6) is 11.5 Å². The molecule has 2 aromatic rings. The second kappa shape index (κ2) is 7.68. The van der Waals surface area contributed by atoms with Crippen molar-refractivity contribution in [1.29, 1.82) is 0 Å². The third-order valence-electron chi connectivity index (χ3n) is 4.87. The lowest BCUT2D eigenvalue weighted by molar-refractivity contribution is 0.400. The molecule has 0 fully saturated rings. The summed E-state index contributed by atoms with van der Waals surface area (Å²) in [6.45, 7) is 1.82. The summed E-state index contributed by atoms with van der Waals surface area (Å²) in [5.74, 6) is 1.14. The van der Waals surface area contributed by atoms with E-state index < -0.39 is 10.0 Å². The normalized spacial score (nSPS) is 15.2. The molecule has 0 bridgehead atoms. The monoisotopic (exact) mass is 375 g/mol. The fourth-order valence-electron chi connectivity index (χ4n) is 3.37. The zero-order valence-electron chi connectivity index (χ0n) is 15.4. The second-order valence-corrected chi connectivity index (χ2v) is 8.28. The number of aryl methyl sites for hydroxylation is 2. The van der Waals surface area contributed by atoms with E-state index in [2.05, 4.69) is 4.72 Å². The first kappa shape index (κ1) is 18.7. The SMILES string of the molecule is COc1ccc([C@H](C)NS(=O)(=O)c2cc3c(cc2OC)CCCC3)cc1. The molecule has 1 aliphatic rings. The first-order valence-electron chi connectivity index (χ1n) is 8.80. The number of fused-ring (bicyclic) bond motifs is 1. The molecular formula is C20H25NO4S. The van der Waals surface area contributed by atoms with Crippen LogP contribution in [0.3, 0.4) is 0 Å². The number of rotatable bonds is 6. The largest absolute Gasteiger partial charge is 0.497 e. The van der Waals surface area contributed by atoms with Gasteiger partial charge in [0, 0.05) is 6.04 Å². The fourth-order valence-corrected chi connectivity index (χ4v) is 4.80. The number of benzene rings is 2. The minimum absolute atomic E-state index is 0.209. The predicted octanol–water partition coefficient (Wildman–Crippen LogP) is 3.62. The lowest BCUT2D eigenvalue weighted by Gasteiger charge is -2.21. The van der Waals surface area contributed by atoms with Crippen molar-refractivity contribution in [2.75, 3.05) is 14.2 Å². The molecule has 1 aliphatic carbocycles. The molecule has 2 aromatic carbocycles. The van der Waals surface area contributed by atoms with Crippen molar-refractivity contribution in [3.05, 3.63) is 53.1 Å². The highest BCUT2D eigenvalue weighted by Gasteiger charge is 2.25. The van der Waals surface area contributed by atoms with Gasteiger partial charge >= 0.3 is 0 Å². The molecule has 0 unspecified atom stereocenters. The molecule has 0 aliphatic heterocycles. The van der Waals surface area contributed by atoms with Gasteiger partial charge in [-0.3, -0.25) is 0 Å². The van der Waals surface area contributed by atoms with Gasteiger partial charge in [0.25, 0.3) is 0 Å². The Labute approximate surface area is 155 Å². The second-order valence-electron chi connectivity index (χ2n) is 6.60. The number of nitrogens with one attached hydrogen (secondary N) is 1. The topological polar surface area (TPSA) is 64.6 Å². The molecule has 3 rings (SSSR count). The molecule has 0 aromatic heterocycles. The van der Waals surface area contributed by atoms with E-state index in [0.717, 1.165) is 42.6 Å². The molecule has 140 valence electrons. The first-order chi connectivity index (χ1) is 12.4. The van der Waals surface area contributed by atoms with Crippen LogP contribution in [-0.2, 0) is 22.9 Å². The van der Waals surface area contributed by atoms with Gasteiger partial charge in [-0.25, -0.2) is 13.1 Å². The van der Waals surface area contributed by atoms with Crippen molar-refractivity contribution in [2.24, 2.45) is 0 Å². The average molecular weight is 375 g/mol. The van der Waals surface area contributed by atoms with E-state index in [4.69, 9.17) is 9.47 Å². The lowest BCUT2D eigenvalue weighted by atomic mass is 9.92. The molecule has 0 radical (unpaired) electrons. The van der Waals surface area contributed by atoms with Gasteiger partial charge in [-0.1, -0.05) is 12.1 Å². The summed E-state index contributed by atoms with van der Waals surface area (Å²) in [6.07, 6.45) is 4.11. The Morgan fingerprint density at radius 2 is 1.58 bits per heavy atom. The third kappa shape index (κ3) is 3.86. The van der Waals surface area contributed by atoms with Gasteiger partial charge in [0.05, 0.1) is 14.2 Å². The van der Waals surface area contributed by atoms with Crippen molar-refractivity contribution in [2.45, 2.75) is 43.5 Å². The van der Waals surface area contributed by atoms with E-state index in [0.29, 0.717) is 5.75 Å². The van der Waals surface area contributed by atoms with E-state index >= 15 is 0 Å². The maximum atomic E-state index is 13.0. The average Bonchev–Trinajstić information content (AvgIpc) is 2.66. The maximum absolute atomic E-state index is 13.0. The van der Waals surface area contributed by atoms with E-state index in [1.54, 1.807) is 13.2 Å². The Balaban J connectivity index is 1.89. The van der Waals surface area contributed by atoms with Crippen LogP contribution >= 0.6 is 0 Å². The zero-order chi connectivity index (χ0) is 18.7. The predicted molar refractivity (Wildman–Crippen MR) is 101 cm³/mol. The molecule has 1 N–H and O–H groups in total. The van der Waals surface area contributed by atoms with E-state index in [1.165, 1.54) is 12.7 Å². The van der Waals surface area contributed by atoms with Gasteiger partial charge in [-0.2, -0.15) is 0 Å². The van der Waals surface area contributed by atoms with Gasteiger partial charge in [-0.05, 0) is 73.6 Å². The quantitative estimate of drug-likeness (QED) is 0.837. The molecule has 0 amide bonds. The summed E-state index contributed by atoms with van der Waals surface area (Å²) in [7, 11) is -0.595. The van der Waals surface area contributed by atoms with Crippen LogP contribution in [0, 0.1) is 0 Å². The Morgan fingerprint density at radius 3 is 2.15 bits per heavy atom. The van der Waals surface area contributed by atoms with E-state index in [1.807, 2.05) is 37.3 Å². The zero-order valence-corrected chi connectivity index (χ0v) is 16.2. The van der Waals surface area contributed by atoms with Crippen LogP contribution in [0.25, 0.3) is 0 Å². The van der Waals surface area contributed by atoms with Gasteiger partial charge in [0.15, 0.2) is 0 Å². The molecule has 0 saturated carbocycles. The summed E-state index contributed by atoms with van der Waals surface area (Å²) in [5, 5.41) is 0. The number of hydrogen-bond acceptors (Lipinski definition) is 4. The number of ether oxygens (including phenoxy) is 2. The number of hydrogen-bond donors (Lipinski definition) is 1. The minimum Gasteiger partial charge on any atom is -0.497 e. The molecule has 26 heavy (non-hydrogen) atoms. The number of sulfonamides is 1. The highest BCUT2D eigenvalue weighted by Crippen LogP contribution is 2.32. The lowest BCUT2D eigenvalue weighted by Crippen LogP contribution is -2.27. The Kier molecular flexibility index (Phi) is 5.53. The third-order valence-corrected chi connectivity index (χ3v) is 6.43. The van der Waals surface area contributed by atoms with Crippen molar-refractivity contribution < 1.29 is 17.9 Å². The van der Waals surface area contributed by atoms with Crippen molar-refractivity contribution in [3.63, 3.8) is 0 Å². The smallest absolute Gasteiger partial charge is 0.244 e. The summed E-state index contributed by atoms with van der Waals surface area (Å²) in [5.41, 5.74) is 3.16. The van der Waals surface area contributed by atoms with Crippen molar-refractivity contribution >= 4 is 10.0 Å². The summed E-state index contributed by atoms with van der Waals surface area (Å²) < 4.78 is 39.3. The summed E-state index contributed by atoms with van der Waals surface area (Å²) >= 11 is 0. The maximum Gasteiger partial charge on any atom is 0.244 e. The minimum atomic E-state index is -3.71. The molecular weight excluding hydrogens is 350 g/mol. The van der Waals surface area contributed by atoms with Gasteiger partial charge in [0.1, 0.15) is 16.4 Å².